The minimum absolute atomic E-state index is 0.521. The number of hydrogen-bond donors (Lipinski definition) is 2. The van der Waals surface area contributed by atoms with E-state index in [-0.39, 0.29) is 0 Å². The lowest BCUT2D eigenvalue weighted by molar-refractivity contribution is 0.707. The summed E-state index contributed by atoms with van der Waals surface area (Å²) in [6, 6.07) is 14.1. The van der Waals surface area contributed by atoms with Crippen molar-refractivity contribution in [3.05, 3.63) is 53.0 Å². The van der Waals surface area contributed by atoms with Crippen LogP contribution in [0.15, 0.2) is 41.4 Å². The fourth-order valence-corrected chi connectivity index (χ4v) is 2.57. The average molecular weight is 323 g/mol. The molecule has 5 nitrogen and oxygen atoms in total. The molecule has 1 aromatic carbocycles. The van der Waals surface area contributed by atoms with E-state index in [0.29, 0.717) is 30.0 Å². The smallest absolute Gasteiger partial charge is 0.149 e. The fraction of sp³-hybridized carbons (Fsp3) is 0.368. The van der Waals surface area contributed by atoms with Gasteiger partial charge in [0.2, 0.25) is 0 Å². The zero-order valence-electron chi connectivity index (χ0n) is 14.4. The lowest BCUT2D eigenvalue weighted by Gasteiger charge is -2.15. The maximum absolute atomic E-state index is 9.66. The number of unbranched alkanes of at least 4 members (excludes halogenated alkanes) is 1. The van der Waals surface area contributed by atoms with Gasteiger partial charge < -0.3 is 15.6 Å². The van der Waals surface area contributed by atoms with Crippen molar-refractivity contribution < 1.29 is 0 Å². The number of nitrogen functional groups attached to an aromatic ring is 1. The van der Waals surface area contributed by atoms with Crippen LogP contribution in [-0.2, 0) is 13.1 Å². The molecule has 0 spiro atoms. The third-order valence-electron chi connectivity index (χ3n) is 3.88. The molecule has 0 aliphatic carbocycles. The normalized spacial score (nSPS) is 11.3. The first-order valence-electron chi connectivity index (χ1n) is 8.42. The molecule has 3 N–H and O–H groups in total. The van der Waals surface area contributed by atoms with Gasteiger partial charge in [-0.15, -0.1) is 0 Å². The van der Waals surface area contributed by atoms with E-state index in [9.17, 15) is 5.26 Å². The molecule has 0 unspecified atom stereocenters. The molecule has 0 bridgehead atoms. The Hall–Kier alpha value is -2.74. The van der Waals surface area contributed by atoms with Crippen LogP contribution < -0.4 is 16.5 Å². The van der Waals surface area contributed by atoms with Crippen molar-refractivity contribution in [1.82, 2.24) is 4.57 Å². The molecule has 0 aliphatic rings. The van der Waals surface area contributed by atoms with E-state index in [1.165, 1.54) is 0 Å². The van der Waals surface area contributed by atoms with Gasteiger partial charge in [-0.1, -0.05) is 43.7 Å². The highest BCUT2D eigenvalue weighted by atomic mass is 15.1. The highest BCUT2D eigenvalue weighted by molar-refractivity contribution is 5.61. The first-order chi connectivity index (χ1) is 11.7. The molecule has 0 amide bonds. The largest absolute Gasteiger partial charge is 0.385 e. The Labute approximate surface area is 143 Å². The van der Waals surface area contributed by atoms with Gasteiger partial charge in [-0.3, -0.25) is 4.99 Å². The molecule has 126 valence electrons. The van der Waals surface area contributed by atoms with Crippen LogP contribution in [0, 0.1) is 11.3 Å². The number of pyridine rings is 1. The van der Waals surface area contributed by atoms with E-state index in [1.807, 2.05) is 47.9 Å². The molecule has 0 radical (unpaired) electrons. The van der Waals surface area contributed by atoms with Crippen molar-refractivity contribution in [3.63, 3.8) is 0 Å². The van der Waals surface area contributed by atoms with Crippen molar-refractivity contribution in [1.29, 1.82) is 5.26 Å². The van der Waals surface area contributed by atoms with E-state index >= 15 is 0 Å². The van der Waals surface area contributed by atoms with Crippen LogP contribution in [0.1, 0.15) is 37.8 Å². The molecule has 0 atom stereocenters. The van der Waals surface area contributed by atoms with Gasteiger partial charge in [0.25, 0.3) is 0 Å². The molecule has 5 heteroatoms. The fourth-order valence-electron chi connectivity index (χ4n) is 2.57. The van der Waals surface area contributed by atoms with E-state index in [2.05, 4.69) is 23.3 Å². The Morgan fingerprint density at radius 1 is 1.25 bits per heavy atom. The number of rotatable bonds is 7. The highest BCUT2D eigenvalue weighted by Crippen LogP contribution is 2.16. The molecule has 0 fully saturated rings. The number of nitrogens with two attached hydrogens (primary N) is 1. The van der Waals surface area contributed by atoms with Gasteiger partial charge >= 0.3 is 0 Å². The predicted molar refractivity (Wildman–Crippen MR) is 98.3 cm³/mol. The van der Waals surface area contributed by atoms with Crippen LogP contribution in [0.2, 0.25) is 0 Å². The Morgan fingerprint density at radius 3 is 2.62 bits per heavy atom. The third kappa shape index (κ3) is 4.17. The van der Waals surface area contributed by atoms with Crippen LogP contribution in [-0.4, -0.2) is 11.1 Å². The monoisotopic (exact) mass is 323 g/mol. The lowest BCUT2D eigenvalue weighted by atomic mass is 10.2. The van der Waals surface area contributed by atoms with Gasteiger partial charge in [-0.25, -0.2) is 0 Å². The maximum Gasteiger partial charge on any atom is 0.149 e. The number of anilines is 2. The summed E-state index contributed by atoms with van der Waals surface area (Å²) in [5.41, 5.74) is 9.25. The van der Waals surface area contributed by atoms with Crippen LogP contribution in [0.25, 0.3) is 0 Å². The van der Waals surface area contributed by atoms with Gasteiger partial charge in [0.05, 0.1) is 12.2 Å². The predicted octanol–water partition coefficient (Wildman–Crippen LogP) is 3.27. The molecule has 2 aromatic rings. The van der Waals surface area contributed by atoms with Gasteiger partial charge in [0.1, 0.15) is 22.9 Å². The zero-order valence-corrected chi connectivity index (χ0v) is 14.4. The Bertz CT molecular complexity index is 769. The molecule has 0 saturated carbocycles. The highest BCUT2D eigenvalue weighted by Gasteiger charge is 2.10. The summed E-state index contributed by atoms with van der Waals surface area (Å²) in [6.45, 7) is 6.15. The second kappa shape index (κ2) is 8.78. The molecule has 2 rings (SSSR count). The summed E-state index contributed by atoms with van der Waals surface area (Å²) in [7, 11) is 0. The van der Waals surface area contributed by atoms with Crippen molar-refractivity contribution in [2.75, 3.05) is 17.6 Å². The number of hydrogen-bond acceptors (Lipinski definition) is 4. The average Bonchev–Trinajstić information content (AvgIpc) is 2.61. The summed E-state index contributed by atoms with van der Waals surface area (Å²) in [6.07, 6.45) is 2.14. The van der Waals surface area contributed by atoms with Crippen molar-refractivity contribution in [2.24, 2.45) is 4.99 Å². The number of aromatic nitrogens is 1. The van der Waals surface area contributed by atoms with Crippen LogP contribution in [0.3, 0.4) is 0 Å². The molecule has 24 heavy (non-hydrogen) atoms. The number of nitriles is 1. The first kappa shape index (κ1) is 17.6. The van der Waals surface area contributed by atoms with Gasteiger partial charge in [0, 0.05) is 19.2 Å². The van der Waals surface area contributed by atoms with Crippen molar-refractivity contribution in [2.45, 2.75) is 39.8 Å². The van der Waals surface area contributed by atoms with Crippen LogP contribution in [0.4, 0.5) is 11.5 Å². The van der Waals surface area contributed by atoms with Crippen molar-refractivity contribution in [3.8, 4) is 6.07 Å². The first-order valence-corrected chi connectivity index (χ1v) is 8.42. The van der Waals surface area contributed by atoms with E-state index in [0.717, 1.165) is 30.6 Å². The lowest BCUT2D eigenvalue weighted by Crippen LogP contribution is -2.27. The molecule has 1 aromatic heterocycles. The maximum atomic E-state index is 9.66. The summed E-state index contributed by atoms with van der Waals surface area (Å²) in [4.78, 5) is 4.69. The molecule has 1 heterocycles. The standard InChI is InChI=1S/C19H25N5/c1-3-5-11-22-17-12-18(21)24(4-2)19(16(17)13-20)23-14-15-9-7-6-8-10-15/h6-10,12,22H,3-5,11,14,21H2,1-2H3/b23-19-. The van der Waals surface area contributed by atoms with Gasteiger partial charge in [-0.2, -0.15) is 5.26 Å². The van der Waals surface area contributed by atoms with Crippen LogP contribution >= 0.6 is 0 Å². The van der Waals surface area contributed by atoms with Crippen LogP contribution in [0.5, 0.6) is 0 Å². The Kier molecular flexibility index (Phi) is 6.44. The molecular weight excluding hydrogens is 298 g/mol. The number of benzene rings is 1. The minimum Gasteiger partial charge on any atom is -0.385 e. The third-order valence-corrected chi connectivity index (χ3v) is 3.88. The van der Waals surface area contributed by atoms with E-state index in [1.54, 1.807) is 0 Å². The molecule has 0 saturated heterocycles. The van der Waals surface area contributed by atoms with E-state index in [4.69, 9.17) is 5.73 Å². The Balaban J connectivity index is 2.48. The minimum atomic E-state index is 0.521. The quantitative estimate of drug-likeness (QED) is 0.767. The second-order valence-corrected chi connectivity index (χ2v) is 5.62. The second-order valence-electron chi connectivity index (χ2n) is 5.62. The number of nitrogens with one attached hydrogen (secondary N) is 1. The van der Waals surface area contributed by atoms with Crippen molar-refractivity contribution >= 4 is 11.5 Å². The summed E-state index contributed by atoms with van der Waals surface area (Å²) in [5, 5.41) is 13.0. The molecule has 0 aliphatic heterocycles. The van der Waals surface area contributed by atoms with Gasteiger partial charge in [-0.05, 0) is 18.9 Å². The summed E-state index contributed by atoms with van der Waals surface area (Å²) >= 11 is 0. The number of nitrogens with zero attached hydrogens (tertiary/aromatic N) is 3. The summed E-state index contributed by atoms with van der Waals surface area (Å²) in [5.74, 6) is 0.613. The topological polar surface area (TPSA) is 79.1 Å². The molecular formula is C19H25N5. The summed E-state index contributed by atoms with van der Waals surface area (Å²) < 4.78 is 1.88. The Morgan fingerprint density at radius 2 is 2.00 bits per heavy atom. The SMILES string of the molecule is CCCCNc1cc(N)n(CC)/c(=N\Cc2ccccc2)c1C#N. The van der Waals surface area contributed by atoms with Gasteiger partial charge in [0.15, 0.2) is 0 Å². The zero-order chi connectivity index (χ0) is 17.4. The van der Waals surface area contributed by atoms with E-state index < -0.39 is 0 Å².